The maximum absolute atomic E-state index is 13.5. The number of benzene rings is 2. The highest BCUT2D eigenvalue weighted by atomic mass is 19.2. The highest BCUT2D eigenvalue weighted by Crippen LogP contribution is 2.29. The molecule has 0 aliphatic heterocycles. The molecule has 2 aromatic rings. The average Bonchev–Trinajstić information content (AvgIpc) is 3.03. The molecule has 0 aromatic heterocycles. The van der Waals surface area contributed by atoms with Crippen molar-refractivity contribution in [2.24, 2.45) is 5.73 Å². The summed E-state index contributed by atoms with van der Waals surface area (Å²) < 4.78 is 103. The third-order valence-corrected chi connectivity index (χ3v) is 5.54. The number of hydrogen-bond acceptors (Lipinski definition) is 11. The number of phenolic OH excluding ortho intramolecular Hbond substituents is 1. The van der Waals surface area contributed by atoms with E-state index in [0.717, 1.165) is 5.56 Å². The minimum Gasteiger partial charge on any atom is -0.508 e. The predicted molar refractivity (Wildman–Crippen MR) is 150 cm³/mol. The van der Waals surface area contributed by atoms with Crippen LogP contribution in [0.2, 0.25) is 0 Å². The first kappa shape index (κ1) is 37.6. The average molecular weight is 653 g/mol. The van der Waals surface area contributed by atoms with Crippen LogP contribution in [0.25, 0.3) is 5.70 Å². The molecule has 45 heavy (non-hydrogen) atoms. The van der Waals surface area contributed by atoms with Crippen molar-refractivity contribution in [2.45, 2.75) is 6.42 Å². The van der Waals surface area contributed by atoms with Gasteiger partial charge in [-0.3, -0.25) is 4.79 Å². The summed E-state index contributed by atoms with van der Waals surface area (Å²) in [5, 5.41) is 12.3. The summed E-state index contributed by atoms with van der Waals surface area (Å²) in [6, 6.07) is 6.57. The fourth-order valence-corrected chi connectivity index (χ4v) is 3.25. The van der Waals surface area contributed by atoms with Crippen molar-refractivity contribution < 1.29 is 65.0 Å². The standard InChI is InChI=1S/C29H37F5N2O9/c30-24-25(31)27(33)29(28(34)26(24)32)45-23(38)5-7-39-9-11-41-13-15-43-17-18-44-16-14-42-12-10-40-8-6-36-19-22(35)20-1-3-21(37)4-2-20/h1-4,19,36-37H,5-18,35H2/b22-19-. The predicted octanol–water partition coefficient (Wildman–Crippen LogP) is 3.03. The van der Waals surface area contributed by atoms with Gasteiger partial charge in [0.15, 0.2) is 0 Å². The van der Waals surface area contributed by atoms with Gasteiger partial charge in [0.2, 0.25) is 34.8 Å². The van der Waals surface area contributed by atoms with Crippen molar-refractivity contribution >= 4 is 11.7 Å². The monoisotopic (exact) mass is 652 g/mol. The van der Waals surface area contributed by atoms with Gasteiger partial charge in [-0.05, 0) is 29.8 Å². The largest absolute Gasteiger partial charge is 0.508 e. The number of phenols is 1. The maximum atomic E-state index is 13.5. The van der Waals surface area contributed by atoms with E-state index in [-0.39, 0.29) is 32.2 Å². The molecule has 16 heteroatoms. The highest BCUT2D eigenvalue weighted by molar-refractivity contribution is 5.72. The third kappa shape index (κ3) is 14.9. The lowest BCUT2D eigenvalue weighted by molar-refractivity contribution is -0.136. The SMILES string of the molecule is N/C(=C\NCCOCCOCCOCCOCCOCCOCCC(=O)Oc1c(F)c(F)c(F)c(F)c1F)c1ccc(O)cc1. The van der Waals surface area contributed by atoms with Crippen LogP contribution in [0.15, 0.2) is 30.5 Å². The molecule has 0 spiro atoms. The molecule has 0 saturated heterocycles. The second-order valence-corrected chi connectivity index (χ2v) is 8.90. The van der Waals surface area contributed by atoms with Crippen molar-refractivity contribution in [1.29, 1.82) is 0 Å². The Labute approximate surface area is 256 Å². The van der Waals surface area contributed by atoms with E-state index in [1.807, 2.05) is 0 Å². The van der Waals surface area contributed by atoms with E-state index in [2.05, 4.69) is 10.1 Å². The van der Waals surface area contributed by atoms with Crippen LogP contribution in [0.5, 0.6) is 11.5 Å². The molecular weight excluding hydrogens is 615 g/mol. The molecule has 0 bridgehead atoms. The van der Waals surface area contributed by atoms with Gasteiger partial charge >= 0.3 is 5.97 Å². The molecule has 0 unspecified atom stereocenters. The summed E-state index contributed by atoms with van der Waals surface area (Å²) in [4.78, 5) is 11.6. The number of aromatic hydroxyl groups is 1. The minimum atomic E-state index is -2.35. The normalized spacial score (nSPS) is 11.6. The van der Waals surface area contributed by atoms with Gasteiger partial charge in [0.05, 0.1) is 91.4 Å². The molecule has 0 heterocycles. The molecule has 0 amide bonds. The Hall–Kier alpha value is -3.54. The zero-order valence-electron chi connectivity index (χ0n) is 24.5. The van der Waals surface area contributed by atoms with Gasteiger partial charge in [0, 0.05) is 12.7 Å². The first-order chi connectivity index (χ1) is 21.7. The lowest BCUT2D eigenvalue weighted by Gasteiger charge is -2.09. The second kappa shape index (κ2) is 22.0. The van der Waals surface area contributed by atoms with Crippen LogP contribution in [0.4, 0.5) is 22.0 Å². The van der Waals surface area contributed by atoms with Crippen LogP contribution in [0, 0.1) is 29.1 Å². The van der Waals surface area contributed by atoms with Crippen molar-refractivity contribution in [3.8, 4) is 11.5 Å². The zero-order valence-corrected chi connectivity index (χ0v) is 24.5. The van der Waals surface area contributed by atoms with Gasteiger partial charge in [-0.2, -0.15) is 8.78 Å². The Morgan fingerprint density at radius 1 is 0.644 bits per heavy atom. The van der Waals surface area contributed by atoms with Crippen LogP contribution < -0.4 is 15.8 Å². The highest BCUT2D eigenvalue weighted by Gasteiger charge is 2.28. The Morgan fingerprint density at radius 3 is 1.51 bits per heavy atom. The molecule has 2 aromatic carbocycles. The van der Waals surface area contributed by atoms with Crippen LogP contribution >= 0.6 is 0 Å². The lowest BCUT2D eigenvalue weighted by Crippen LogP contribution is -2.18. The number of halogens is 5. The van der Waals surface area contributed by atoms with Crippen molar-refractivity contribution in [3.05, 3.63) is 65.1 Å². The molecule has 252 valence electrons. The Morgan fingerprint density at radius 2 is 1.04 bits per heavy atom. The zero-order chi connectivity index (χ0) is 32.9. The molecule has 11 nitrogen and oxygen atoms in total. The van der Waals surface area contributed by atoms with E-state index < -0.39 is 47.2 Å². The van der Waals surface area contributed by atoms with E-state index in [1.54, 1.807) is 30.5 Å². The van der Waals surface area contributed by atoms with Gasteiger partial charge in [-0.1, -0.05) is 0 Å². The number of carbonyl (C=O) groups is 1. The summed E-state index contributed by atoms with van der Waals surface area (Å²) in [5.74, 6) is -14.0. The molecule has 0 saturated carbocycles. The summed E-state index contributed by atoms with van der Waals surface area (Å²) >= 11 is 0. The summed E-state index contributed by atoms with van der Waals surface area (Å²) in [6.45, 7) is 4.03. The number of nitrogens with two attached hydrogens (primary N) is 1. The van der Waals surface area contributed by atoms with E-state index in [1.165, 1.54) is 0 Å². The lowest BCUT2D eigenvalue weighted by atomic mass is 10.2. The third-order valence-electron chi connectivity index (χ3n) is 5.54. The summed E-state index contributed by atoms with van der Waals surface area (Å²) in [7, 11) is 0. The molecule has 2 rings (SSSR count). The Kier molecular flexibility index (Phi) is 18.4. The van der Waals surface area contributed by atoms with E-state index in [0.29, 0.717) is 65.1 Å². The van der Waals surface area contributed by atoms with Crippen LogP contribution in [0.1, 0.15) is 12.0 Å². The van der Waals surface area contributed by atoms with Gasteiger partial charge in [0.1, 0.15) is 5.75 Å². The quantitative estimate of drug-likeness (QED) is 0.0385. The first-order valence-electron chi connectivity index (χ1n) is 13.9. The van der Waals surface area contributed by atoms with Crippen molar-refractivity contribution in [1.82, 2.24) is 5.32 Å². The Bertz CT molecular complexity index is 1160. The fraction of sp³-hybridized carbons (Fsp3) is 0.483. The summed E-state index contributed by atoms with van der Waals surface area (Å²) in [6.07, 6.45) is 1.19. The number of rotatable bonds is 24. The fourth-order valence-electron chi connectivity index (χ4n) is 3.25. The molecule has 4 N–H and O–H groups in total. The van der Waals surface area contributed by atoms with Crippen LogP contribution in [0.3, 0.4) is 0 Å². The number of carbonyl (C=O) groups excluding carboxylic acids is 1. The summed E-state index contributed by atoms with van der Waals surface area (Å²) in [5.41, 5.74) is 7.29. The molecule has 0 radical (unpaired) electrons. The number of nitrogens with one attached hydrogen (secondary N) is 1. The van der Waals surface area contributed by atoms with Crippen molar-refractivity contribution in [2.75, 3.05) is 85.8 Å². The second-order valence-electron chi connectivity index (χ2n) is 8.90. The first-order valence-corrected chi connectivity index (χ1v) is 13.9. The smallest absolute Gasteiger partial charge is 0.313 e. The molecule has 0 fully saturated rings. The van der Waals surface area contributed by atoms with Crippen molar-refractivity contribution in [3.63, 3.8) is 0 Å². The number of hydrogen-bond donors (Lipinski definition) is 3. The molecule has 0 atom stereocenters. The Balaban J connectivity index is 1.31. The van der Waals surface area contributed by atoms with Crippen LogP contribution in [-0.4, -0.2) is 96.9 Å². The van der Waals surface area contributed by atoms with Gasteiger partial charge in [-0.25, -0.2) is 13.2 Å². The minimum absolute atomic E-state index is 0.0788. The van der Waals surface area contributed by atoms with Gasteiger partial charge < -0.3 is 49.3 Å². The van der Waals surface area contributed by atoms with Crippen LogP contribution in [-0.2, 0) is 33.2 Å². The topological polar surface area (TPSA) is 140 Å². The molecular formula is C29H37F5N2O9. The van der Waals surface area contributed by atoms with E-state index in [9.17, 15) is 31.9 Å². The van der Waals surface area contributed by atoms with Gasteiger partial charge in [0.25, 0.3) is 0 Å². The molecule has 0 aliphatic rings. The van der Waals surface area contributed by atoms with E-state index >= 15 is 0 Å². The number of ether oxygens (including phenoxy) is 7. The van der Waals surface area contributed by atoms with Gasteiger partial charge in [-0.15, -0.1) is 0 Å². The molecule has 0 aliphatic carbocycles. The number of esters is 1. The van der Waals surface area contributed by atoms with E-state index in [4.69, 9.17) is 34.2 Å². The maximum Gasteiger partial charge on any atom is 0.313 e.